The minimum Gasteiger partial charge on any atom is -0.492 e. The second-order valence-corrected chi connectivity index (χ2v) is 5.07. The number of benzene rings is 2. The van der Waals surface area contributed by atoms with E-state index in [0.717, 1.165) is 16.9 Å². The van der Waals surface area contributed by atoms with Gasteiger partial charge in [-0.3, -0.25) is 4.79 Å². The number of fused-ring (bicyclic) bond motifs is 1. The van der Waals surface area contributed by atoms with Gasteiger partial charge in [-0.1, -0.05) is 48.5 Å². The third-order valence-corrected chi connectivity index (χ3v) is 3.67. The summed E-state index contributed by atoms with van der Waals surface area (Å²) in [5, 5.41) is 12.9. The zero-order valence-corrected chi connectivity index (χ0v) is 11.5. The van der Waals surface area contributed by atoms with E-state index in [9.17, 15) is 9.90 Å². The van der Waals surface area contributed by atoms with Crippen LogP contribution in [0.5, 0.6) is 5.75 Å². The molecule has 0 aromatic heterocycles. The number of rotatable bonds is 4. The van der Waals surface area contributed by atoms with E-state index in [1.807, 2.05) is 54.6 Å². The highest BCUT2D eigenvalue weighted by atomic mass is 16.5. The molecule has 21 heavy (non-hydrogen) atoms. The third kappa shape index (κ3) is 2.90. The molecule has 0 saturated carbocycles. The molecule has 2 aromatic rings. The van der Waals surface area contributed by atoms with Crippen LogP contribution in [-0.4, -0.2) is 24.2 Å². The normalized spacial score (nSPS) is 17.7. The van der Waals surface area contributed by atoms with E-state index in [4.69, 9.17) is 4.74 Å². The average Bonchev–Trinajstić information content (AvgIpc) is 2.97. The first-order valence-corrected chi connectivity index (χ1v) is 6.98. The van der Waals surface area contributed by atoms with Gasteiger partial charge in [0.05, 0.1) is 6.10 Å². The second-order valence-electron chi connectivity index (χ2n) is 5.07. The molecular formula is C17H17NO3. The van der Waals surface area contributed by atoms with E-state index in [1.165, 1.54) is 0 Å². The van der Waals surface area contributed by atoms with Crippen LogP contribution in [0.1, 0.15) is 23.1 Å². The van der Waals surface area contributed by atoms with Crippen molar-refractivity contribution in [1.82, 2.24) is 5.32 Å². The smallest absolute Gasteiger partial charge is 0.231 e. The van der Waals surface area contributed by atoms with Crippen LogP contribution in [0.3, 0.4) is 0 Å². The van der Waals surface area contributed by atoms with Gasteiger partial charge in [0.2, 0.25) is 5.91 Å². The molecule has 108 valence electrons. The van der Waals surface area contributed by atoms with Gasteiger partial charge in [0.1, 0.15) is 18.3 Å². The summed E-state index contributed by atoms with van der Waals surface area (Å²) in [5.74, 6) is 0.348. The van der Waals surface area contributed by atoms with Gasteiger partial charge < -0.3 is 15.2 Å². The molecule has 0 radical (unpaired) electrons. The Morgan fingerprint density at radius 2 is 1.90 bits per heavy atom. The summed E-state index contributed by atoms with van der Waals surface area (Å²) in [6.07, 6.45) is -0.701. The summed E-state index contributed by atoms with van der Waals surface area (Å²) < 4.78 is 5.50. The predicted molar refractivity (Wildman–Crippen MR) is 79.1 cm³/mol. The molecule has 0 saturated heterocycles. The number of amides is 1. The van der Waals surface area contributed by atoms with Crippen LogP contribution in [0.15, 0.2) is 54.6 Å². The molecule has 1 heterocycles. The molecule has 2 atom stereocenters. The highest BCUT2D eigenvalue weighted by Crippen LogP contribution is 2.33. The van der Waals surface area contributed by atoms with Gasteiger partial charge >= 0.3 is 0 Å². The first-order valence-electron chi connectivity index (χ1n) is 6.98. The highest BCUT2D eigenvalue weighted by Gasteiger charge is 2.30. The van der Waals surface area contributed by atoms with Gasteiger partial charge in [0, 0.05) is 12.1 Å². The predicted octanol–water partition coefficient (Wildman–Crippen LogP) is 2.01. The Labute approximate surface area is 123 Å². The summed E-state index contributed by atoms with van der Waals surface area (Å²) >= 11 is 0. The Hall–Kier alpha value is -2.33. The quantitative estimate of drug-likeness (QED) is 0.902. The standard InChI is InChI=1S/C17H17NO3/c19-15(12-6-2-1-3-7-12)10-18-17(20)14-11-21-16-9-5-4-8-13(14)16/h1-9,14-15,19H,10-11H2,(H,18,20). The molecular weight excluding hydrogens is 266 g/mol. The molecule has 1 aliphatic heterocycles. The minimum absolute atomic E-state index is 0.116. The molecule has 2 aromatic carbocycles. The molecule has 0 aliphatic carbocycles. The second kappa shape index (κ2) is 5.97. The molecule has 0 bridgehead atoms. The lowest BCUT2D eigenvalue weighted by Crippen LogP contribution is -2.33. The Morgan fingerprint density at radius 3 is 2.71 bits per heavy atom. The number of carbonyl (C=O) groups is 1. The van der Waals surface area contributed by atoms with E-state index in [-0.39, 0.29) is 18.4 Å². The number of hydrogen-bond donors (Lipinski definition) is 2. The maximum atomic E-state index is 12.2. The van der Waals surface area contributed by atoms with Gasteiger partial charge in [-0.2, -0.15) is 0 Å². The number of para-hydroxylation sites is 1. The zero-order chi connectivity index (χ0) is 14.7. The fraction of sp³-hybridized carbons (Fsp3) is 0.235. The summed E-state index contributed by atoms with van der Waals surface area (Å²) in [5.41, 5.74) is 1.70. The van der Waals surface area contributed by atoms with Crippen molar-refractivity contribution < 1.29 is 14.6 Å². The van der Waals surface area contributed by atoms with E-state index in [2.05, 4.69) is 5.32 Å². The minimum atomic E-state index is -0.701. The van der Waals surface area contributed by atoms with Gasteiger partial charge in [-0.25, -0.2) is 0 Å². The van der Waals surface area contributed by atoms with Crippen LogP contribution in [0, 0.1) is 0 Å². The largest absolute Gasteiger partial charge is 0.492 e. The first-order chi connectivity index (χ1) is 10.3. The zero-order valence-electron chi connectivity index (χ0n) is 11.5. The molecule has 0 spiro atoms. The van der Waals surface area contributed by atoms with E-state index in [0.29, 0.717) is 6.61 Å². The molecule has 3 rings (SSSR count). The van der Waals surface area contributed by atoms with Crippen LogP contribution < -0.4 is 10.1 Å². The van der Waals surface area contributed by atoms with Crippen molar-refractivity contribution in [3.63, 3.8) is 0 Å². The van der Waals surface area contributed by atoms with Crippen LogP contribution in [0.25, 0.3) is 0 Å². The molecule has 2 unspecified atom stereocenters. The van der Waals surface area contributed by atoms with Gasteiger partial charge in [-0.15, -0.1) is 0 Å². The van der Waals surface area contributed by atoms with E-state index >= 15 is 0 Å². The van der Waals surface area contributed by atoms with E-state index < -0.39 is 6.10 Å². The third-order valence-electron chi connectivity index (χ3n) is 3.67. The molecule has 4 nitrogen and oxygen atoms in total. The topological polar surface area (TPSA) is 58.6 Å². The Bertz CT molecular complexity index is 627. The highest BCUT2D eigenvalue weighted by molar-refractivity contribution is 5.85. The van der Waals surface area contributed by atoms with Crippen molar-refractivity contribution in [3.05, 3.63) is 65.7 Å². The van der Waals surface area contributed by atoms with Crippen LogP contribution >= 0.6 is 0 Å². The average molecular weight is 283 g/mol. The number of nitrogens with one attached hydrogen (secondary N) is 1. The van der Waals surface area contributed by atoms with Crippen LogP contribution in [0.2, 0.25) is 0 Å². The molecule has 0 fully saturated rings. The van der Waals surface area contributed by atoms with Crippen molar-refractivity contribution >= 4 is 5.91 Å². The lowest BCUT2D eigenvalue weighted by molar-refractivity contribution is -0.123. The number of ether oxygens (including phenoxy) is 1. The maximum Gasteiger partial charge on any atom is 0.231 e. The summed E-state index contributed by atoms with van der Waals surface area (Å²) in [4.78, 5) is 12.2. The summed E-state index contributed by atoms with van der Waals surface area (Å²) in [6, 6.07) is 16.8. The van der Waals surface area contributed by atoms with E-state index in [1.54, 1.807) is 0 Å². The van der Waals surface area contributed by atoms with Crippen molar-refractivity contribution in [1.29, 1.82) is 0 Å². The van der Waals surface area contributed by atoms with Crippen LogP contribution in [0.4, 0.5) is 0 Å². The summed E-state index contributed by atoms with van der Waals surface area (Å²) in [6.45, 7) is 0.550. The van der Waals surface area contributed by atoms with Gasteiger partial charge in [0.15, 0.2) is 0 Å². The first kappa shape index (κ1) is 13.6. The molecule has 2 N–H and O–H groups in total. The lowest BCUT2D eigenvalue weighted by Gasteiger charge is -2.14. The summed E-state index contributed by atoms with van der Waals surface area (Å²) in [7, 11) is 0. The number of aliphatic hydroxyl groups is 1. The Kier molecular flexibility index (Phi) is 3.88. The van der Waals surface area contributed by atoms with Crippen molar-refractivity contribution in [2.24, 2.45) is 0 Å². The fourth-order valence-electron chi connectivity index (χ4n) is 2.49. The molecule has 1 aliphatic rings. The number of hydrogen-bond acceptors (Lipinski definition) is 3. The monoisotopic (exact) mass is 283 g/mol. The Morgan fingerprint density at radius 1 is 1.19 bits per heavy atom. The Balaban J connectivity index is 1.61. The maximum absolute atomic E-state index is 12.2. The SMILES string of the molecule is O=C(NCC(O)c1ccccc1)C1COc2ccccc21. The van der Waals surface area contributed by atoms with Gasteiger partial charge in [-0.05, 0) is 11.6 Å². The van der Waals surface area contributed by atoms with Crippen molar-refractivity contribution in [2.45, 2.75) is 12.0 Å². The number of carbonyl (C=O) groups excluding carboxylic acids is 1. The van der Waals surface area contributed by atoms with Crippen molar-refractivity contribution in [3.8, 4) is 5.75 Å². The molecule has 4 heteroatoms. The lowest BCUT2D eigenvalue weighted by atomic mass is 10.0. The number of aliphatic hydroxyl groups excluding tert-OH is 1. The fourth-order valence-corrected chi connectivity index (χ4v) is 2.49. The van der Waals surface area contributed by atoms with Crippen molar-refractivity contribution in [2.75, 3.05) is 13.2 Å². The molecule has 1 amide bonds. The van der Waals surface area contributed by atoms with Gasteiger partial charge in [0.25, 0.3) is 0 Å². The van der Waals surface area contributed by atoms with Crippen LogP contribution in [-0.2, 0) is 4.79 Å².